The number of benzene rings is 1. The maximum atomic E-state index is 13.4. The van der Waals surface area contributed by atoms with Crippen LogP contribution >= 0.6 is 0 Å². The summed E-state index contributed by atoms with van der Waals surface area (Å²) < 4.78 is 52.7. The van der Waals surface area contributed by atoms with Gasteiger partial charge < -0.3 is 5.32 Å². The molecule has 0 saturated carbocycles. The molecule has 2 rings (SSSR count). The number of alkyl halides is 3. The fraction of sp³-hybridized carbons (Fsp3) is 0.250. The third-order valence-electron chi connectivity index (χ3n) is 3.32. The number of nitrogens with one attached hydrogen (secondary N) is 2. The molecule has 0 bridgehead atoms. The predicted molar refractivity (Wildman–Crippen MR) is 80.8 cm³/mol. The minimum atomic E-state index is -4.61. The Morgan fingerprint density at radius 2 is 1.96 bits per heavy atom. The van der Waals surface area contributed by atoms with Crippen molar-refractivity contribution in [2.75, 3.05) is 11.9 Å². The SMILES string of the molecule is Cc1c(F)cccc1NC(=O)CNC(c1ccccn1)C(F)(F)F. The predicted octanol–water partition coefficient (Wildman–Crippen LogP) is 3.36. The molecule has 4 nitrogen and oxygen atoms in total. The molecule has 0 radical (unpaired) electrons. The summed E-state index contributed by atoms with van der Waals surface area (Å²) in [5.41, 5.74) is 0.186. The van der Waals surface area contributed by atoms with Crippen LogP contribution in [0.2, 0.25) is 0 Å². The lowest BCUT2D eigenvalue weighted by Gasteiger charge is -2.21. The van der Waals surface area contributed by atoms with Crippen molar-refractivity contribution in [2.24, 2.45) is 0 Å². The van der Waals surface area contributed by atoms with Crippen molar-refractivity contribution < 1.29 is 22.4 Å². The van der Waals surface area contributed by atoms with E-state index in [1.165, 1.54) is 49.5 Å². The number of hydrogen-bond acceptors (Lipinski definition) is 3. The Kier molecular flexibility index (Phi) is 5.50. The fourth-order valence-electron chi connectivity index (χ4n) is 2.07. The molecule has 1 aromatic carbocycles. The number of aromatic nitrogens is 1. The van der Waals surface area contributed by atoms with Gasteiger partial charge in [0.25, 0.3) is 0 Å². The summed E-state index contributed by atoms with van der Waals surface area (Å²) in [5, 5.41) is 4.52. The van der Waals surface area contributed by atoms with E-state index in [4.69, 9.17) is 0 Å². The average Bonchev–Trinajstić information content (AvgIpc) is 2.52. The van der Waals surface area contributed by atoms with E-state index in [0.29, 0.717) is 0 Å². The summed E-state index contributed by atoms with van der Waals surface area (Å²) in [6.45, 7) is 0.863. The lowest BCUT2D eigenvalue weighted by atomic mass is 10.1. The van der Waals surface area contributed by atoms with Crippen LogP contribution in [0.1, 0.15) is 17.3 Å². The van der Waals surface area contributed by atoms with Crippen LogP contribution in [-0.2, 0) is 4.79 Å². The molecular formula is C16H15F4N3O. The summed E-state index contributed by atoms with van der Waals surface area (Å²) >= 11 is 0. The van der Waals surface area contributed by atoms with Gasteiger partial charge in [0, 0.05) is 17.4 Å². The Bertz CT molecular complexity index is 704. The topological polar surface area (TPSA) is 54.0 Å². The van der Waals surface area contributed by atoms with Crippen LogP contribution in [0.4, 0.5) is 23.2 Å². The van der Waals surface area contributed by atoms with Gasteiger partial charge >= 0.3 is 6.18 Å². The number of pyridine rings is 1. The summed E-state index contributed by atoms with van der Waals surface area (Å²) in [7, 11) is 0. The minimum Gasteiger partial charge on any atom is -0.325 e. The molecule has 1 atom stereocenters. The van der Waals surface area contributed by atoms with E-state index in [-0.39, 0.29) is 16.9 Å². The number of nitrogens with zero attached hydrogens (tertiary/aromatic N) is 1. The van der Waals surface area contributed by atoms with E-state index in [2.05, 4.69) is 15.6 Å². The molecule has 1 heterocycles. The lowest BCUT2D eigenvalue weighted by molar-refractivity contribution is -0.158. The number of carbonyl (C=O) groups excluding carboxylic acids is 1. The number of amides is 1. The minimum absolute atomic E-state index is 0.211. The Morgan fingerprint density at radius 1 is 1.21 bits per heavy atom. The molecule has 0 aliphatic rings. The lowest BCUT2D eigenvalue weighted by Crippen LogP contribution is -2.39. The van der Waals surface area contributed by atoms with Crippen LogP contribution < -0.4 is 10.6 Å². The molecule has 128 valence electrons. The first-order valence-corrected chi connectivity index (χ1v) is 7.05. The van der Waals surface area contributed by atoms with E-state index >= 15 is 0 Å². The van der Waals surface area contributed by atoms with Gasteiger partial charge in [0.1, 0.15) is 11.9 Å². The number of rotatable bonds is 5. The molecule has 0 aliphatic carbocycles. The van der Waals surface area contributed by atoms with E-state index < -0.39 is 30.5 Å². The van der Waals surface area contributed by atoms with E-state index in [0.717, 1.165) is 0 Å². The van der Waals surface area contributed by atoms with Crippen molar-refractivity contribution in [1.29, 1.82) is 0 Å². The summed E-state index contributed by atoms with van der Waals surface area (Å²) in [6, 6.07) is 6.17. The molecule has 0 aliphatic heterocycles. The largest absolute Gasteiger partial charge is 0.409 e. The summed E-state index contributed by atoms with van der Waals surface area (Å²) in [5.74, 6) is -1.23. The van der Waals surface area contributed by atoms with Gasteiger partial charge in [-0.15, -0.1) is 0 Å². The fourth-order valence-corrected chi connectivity index (χ4v) is 2.07. The number of hydrogen-bond donors (Lipinski definition) is 2. The van der Waals surface area contributed by atoms with Crippen LogP contribution in [-0.4, -0.2) is 23.6 Å². The second-order valence-corrected chi connectivity index (χ2v) is 5.07. The Morgan fingerprint density at radius 3 is 2.58 bits per heavy atom. The maximum absolute atomic E-state index is 13.4. The van der Waals surface area contributed by atoms with Gasteiger partial charge in [-0.25, -0.2) is 4.39 Å². The molecule has 1 amide bonds. The van der Waals surface area contributed by atoms with Crippen molar-refractivity contribution in [3.63, 3.8) is 0 Å². The van der Waals surface area contributed by atoms with Gasteiger partial charge in [-0.2, -0.15) is 13.2 Å². The smallest absolute Gasteiger partial charge is 0.325 e. The van der Waals surface area contributed by atoms with Gasteiger partial charge in [-0.1, -0.05) is 12.1 Å². The number of anilines is 1. The average molecular weight is 341 g/mol. The molecule has 2 N–H and O–H groups in total. The zero-order chi connectivity index (χ0) is 17.7. The second kappa shape index (κ2) is 7.39. The Labute approximate surface area is 135 Å². The highest BCUT2D eigenvalue weighted by Gasteiger charge is 2.41. The van der Waals surface area contributed by atoms with Crippen LogP contribution in [0.3, 0.4) is 0 Å². The normalized spacial score (nSPS) is 12.7. The van der Waals surface area contributed by atoms with Gasteiger partial charge in [-0.3, -0.25) is 15.1 Å². The van der Waals surface area contributed by atoms with Gasteiger partial charge in [0.2, 0.25) is 5.91 Å². The van der Waals surface area contributed by atoms with E-state index in [1.807, 2.05) is 0 Å². The monoisotopic (exact) mass is 341 g/mol. The first-order chi connectivity index (χ1) is 11.3. The zero-order valence-electron chi connectivity index (χ0n) is 12.7. The molecule has 1 aromatic heterocycles. The first-order valence-electron chi connectivity index (χ1n) is 7.05. The van der Waals surface area contributed by atoms with Crippen molar-refractivity contribution in [1.82, 2.24) is 10.3 Å². The molecule has 8 heteroatoms. The summed E-state index contributed by atoms with van der Waals surface area (Å²) in [6.07, 6.45) is -3.37. The highest BCUT2D eigenvalue weighted by atomic mass is 19.4. The third-order valence-corrected chi connectivity index (χ3v) is 3.32. The first kappa shape index (κ1) is 17.9. The molecule has 2 aromatic rings. The van der Waals surface area contributed by atoms with Crippen molar-refractivity contribution in [3.8, 4) is 0 Å². The Balaban J connectivity index is 2.04. The van der Waals surface area contributed by atoms with Gasteiger partial charge in [0.05, 0.1) is 12.2 Å². The van der Waals surface area contributed by atoms with Crippen LogP contribution in [0, 0.1) is 12.7 Å². The van der Waals surface area contributed by atoms with Gasteiger partial charge in [-0.05, 0) is 31.2 Å². The molecule has 0 spiro atoms. The number of carbonyl (C=O) groups is 1. The molecule has 0 fully saturated rings. The van der Waals surface area contributed by atoms with Crippen molar-refractivity contribution in [3.05, 3.63) is 59.7 Å². The van der Waals surface area contributed by atoms with E-state index in [1.54, 1.807) is 0 Å². The molecule has 1 unspecified atom stereocenters. The van der Waals surface area contributed by atoms with Crippen LogP contribution in [0.25, 0.3) is 0 Å². The third kappa shape index (κ3) is 4.51. The maximum Gasteiger partial charge on any atom is 0.409 e. The molecular weight excluding hydrogens is 326 g/mol. The summed E-state index contributed by atoms with van der Waals surface area (Å²) in [4.78, 5) is 15.5. The van der Waals surface area contributed by atoms with Crippen molar-refractivity contribution in [2.45, 2.75) is 19.1 Å². The van der Waals surface area contributed by atoms with Gasteiger partial charge in [0.15, 0.2) is 0 Å². The highest BCUT2D eigenvalue weighted by molar-refractivity contribution is 5.93. The number of halogens is 4. The standard InChI is InChI=1S/C16H15F4N3O/c1-10-11(17)5-4-7-12(10)23-14(24)9-22-15(16(18,19)20)13-6-2-3-8-21-13/h2-8,15,22H,9H2,1H3,(H,23,24). The molecule has 24 heavy (non-hydrogen) atoms. The second-order valence-electron chi connectivity index (χ2n) is 5.07. The van der Waals surface area contributed by atoms with Crippen molar-refractivity contribution >= 4 is 11.6 Å². The van der Waals surface area contributed by atoms with Crippen LogP contribution in [0.5, 0.6) is 0 Å². The quantitative estimate of drug-likeness (QED) is 0.820. The zero-order valence-corrected chi connectivity index (χ0v) is 12.7. The Hall–Kier alpha value is -2.48. The highest BCUT2D eigenvalue weighted by Crippen LogP contribution is 2.31. The van der Waals surface area contributed by atoms with E-state index in [9.17, 15) is 22.4 Å². The molecule has 0 saturated heterocycles. The van der Waals surface area contributed by atoms with Crippen LogP contribution in [0.15, 0.2) is 42.6 Å².